The van der Waals surface area contributed by atoms with E-state index in [-0.39, 0.29) is 47.9 Å². The number of hydrogen-bond acceptors (Lipinski definition) is 5. The van der Waals surface area contributed by atoms with Crippen LogP contribution in [0.25, 0.3) is 54.1 Å². The molecule has 1 radical (unpaired) electrons. The number of aliphatic hydroxyl groups excluding tert-OH is 1. The molecule has 3 aromatic heterocycles. The molecule has 0 spiro atoms. The third-order valence-corrected chi connectivity index (χ3v) is 11.3. The molecule has 0 fully saturated rings. The van der Waals surface area contributed by atoms with E-state index in [1.54, 1.807) is 11.3 Å². The maximum absolute atomic E-state index is 12.2. The van der Waals surface area contributed by atoms with Gasteiger partial charge in [-0.05, 0) is 60.7 Å². The summed E-state index contributed by atoms with van der Waals surface area (Å²) in [5.74, 6) is 0.286. The number of pyridine rings is 1. The number of aliphatic hydroxyl groups is 1. The summed E-state index contributed by atoms with van der Waals surface area (Å²) >= 11 is 1.74. The minimum Gasteiger partial charge on any atom is -0.512 e. The Morgan fingerprint density at radius 3 is 2.19 bits per heavy atom. The van der Waals surface area contributed by atoms with E-state index >= 15 is 0 Å². The Bertz CT molecular complexity index is 2090. The van der Waals surface area contributed by atoms with E-state index in [1.165, 1.54) is 21.7 Å². The minimum absolute atomic E-state index is 0. The summed E-state index contributed by atoms with van der Waals surface area (Å²) in [5.41, 5.74) is 4.46. The Balaban J connectivity index is 0.000000251. The molecule has 0 saturated carbocycles. The van der Waals surface area contributed by atoms with Crippen LogP contribution in [0.1, 0.15) is 93.6 Å². The van der Waals surface area contributed by atoms with Gasteiger partial charge in [-0.2, -0.15) is 0 Å². The van der Waals surface area contributed by atoms with Crippen LogP contribution in [0.5, 0.6) is 0 Å². The van der Waals surface area contributed by atoms with Crippen molar-refractivity contribution in [3.8, 4) is 11.3 Å². The standard InChI is InChI=1S/C27H20NOS.C15H28O2.Ir/c1-27(2,3)21-15-17(14-16-6-4-5-7-18(16)21)25-24-20-8-9-23-19(11-13-30-23)26(20)29-22(24)10-12-28-25;1-7-14(5,8-2)12(16)11-13(17)15(6,9-3)10-4;/h4-13,15H,1-3H3;11,16H,7-10H2,1-6H3;/q-1;;/b;12-11-;. The van der Waals surface area contributed by atoms with E-state index < -0.39 is 0 Å². The summed E-state index contributed by atoms with van der Waals surface area (Å²) in [5, 5.41) is 17.9. The molecule has 3 aromatic carbocycles. The quantitative estimate of drug-likeness (QED) is 0.0942. The van der Waals surface area contributed by atoms with Crippen molar-refractivity contribution in [3.63, 3.8) is 0 Å². The fraction of sp³-hybridized carbons (Fsp3) is 0.381. The number of fused-ring (bicyclic) bond motifs is 6. The first-order chi connectivity index (χ1) is 22.3. The van der Waals surface area contributed by atoms with Crippen LogP contribution < -0.4 is 0 Å². The zero-order valence-electron chi connectivity index (χ0n) is 29.7. The summed E-state index contributed by atoms with van der Waals surface area (Å²) < 4.78 is 7.56. The van der Waals surface area contributed by atoms with E-state index in [2.05, 4.69) is 80.7 Å². The molecular weight excluding hydrogens is 791 g/mol. The maximum Gasteiger partial charge on any atom is 0.164 e. The molecule has 0 unspecified atom stereocenters. The van der Waals surface area contributed by atoms with Gasteiger partial charge in [-0.25, -0.2) is 0 Å². The molecule has 255 valence electrons. The molecule has 0 bridgehead atoms. The number of rotatable bonds is 8. The molecule has 0 aliphatic rings. The minimum atomic E-state index is -0.337. The molecule has 0 atom stereocenters. The van der Waals surface area contributed by atoms with Gasteiger partial charge in [-0.3, -0.25) is 9.78 Å². The van der Waals surface area contributed by atoms with Crippen LogP contribution in [0, 0.1) is 16.9 Å². The number of carbonyl (C=O) groups excluding carboxylic acids is 1. The summed E-state index contributed by atoms with van der Waals surface area (Å²) in [6.45, 7) is 18.9. The molecule has 0 saturated heterocycles. The smallest absolute Gasteiger partial charge is 0.164 e. The van der Waals surface area contributed by atoms with E-state index in [9.17, 15) is 9.90 Å². The Morgan fingerprint density at radius 1 is 0.875 bits per heavy atom. The van der Waals surface area contributed by atoms with Crippen molar-refractivity contribution in [1.29, 1.82) is 0 Å². The molecule has 0 aliphatic carbocycles. The number of allylic oxidation sites excluding steroid dienone is 2. The van der Waals surface area contributed by atoms with E-state index in [4.69, 9.17) is 9.40 Å². The molecular formula is C42H48IrNO3S-. The Kier molecular flexibility index (Phi) is 11.5. The van der Waals surface area contributed by atoms with Crippen molar-refractivity contribution in [2.24, 2.45) is 10.8 Å². The summed E-state index contributed by atoms with van der Waals surface area (Å²) in [6, 6.07) is 22.8. The Labute approximate surface area is 303 Å². The zero-order valence-corrected chi connectivity index (χ0v) is 32.9. The van der Waals surface area contributed by atoms with Crippen molar-refractivity contribution in [2.45, 2.75) is 93.4 Å². The number of ketones is 1. The van der Waals surface area contributed by atoms with Gasteiger partial charge in [0.25, 0.3) is 0 Å². The second-order valence-corrected chi connectivity index (χ2v) is 15.2. The number of benzene rings is 3. The van der Waals surface area contributed by atoms with Crippen molar-refractivity contribution >= 4 is 59.9 Å². The summed E-state index contributed by atoms with van der Waals surface area (Å²) in [6.07, 6.45) is 6.59. The average molecular weight is 839 g/mol. The van der Waals surface area contributed by atoms with Gasteiger partial charge in [0.2, 0.25) is 0 Å². The van der Waals surface area contributed by atoms with Crippen LogP contribution in [0.15, 0.2) is 82.4 Å². The summed E-state index contributed by atoms with van der Waals surface area (Å²) in [4.78, 5) is 17.0. The van der Waals surface area contributed by atoms with Crippen LogP contribution in [-0.4, -0.2) is 15.9 Å². The average Bonchev–Trinajstić information content (AvgIpc) is 3.71. The van der Waals surface area contributed by atoms with Gasteiger partial charge in [0.15, 0.2) is 5.78 Å². The fourth-order valence-corrected chi connectivity index (χ4v) is 6.87. The number of nitrogens with zero attached hydrogens (tertiary/aromatic N) is 1. The van der Waals surface area contributed by atoms with Gasteiger partial charge < -0.3 is 9.52 Å². The topological polar surface area (TPSA) is 63.3 Å². The normalized spacial score (nSPS) is 12.7. The van der Waals surface area contributed by atoms with Gasteiger partial charge in [-0.15, -0.1) is 40.5 Å². The molecule has 6 heteroatoms. The van der Waals surface area contributed by atoms with Gasteiger partial charge in [0.05, 0.1) is 0 Å². The van der Waals surface area contributed by atoms with Crippen molar-refractivity contribution < 1.29 is 34.4 Å². The third-order valence-electron chi connectivity index (χ3n) is 10.4. The molecule has 4 nitrogen and oxygen atoms in total. The molecule has 1 N–H and O–H groups in total. The van der Waals surface area contributed by atoms with E-state index in [0.717, 1.165) is 69.7 Å². The Morgan fingerprint density at radius 2 is 1.54 bits per heavy atom. The number of aromatic nitrogens is 1. The van der Waals surface area contributed by atoms with Gasteiger partial charge in [-0.1, -0.05) is 91.5 Å². The van der Waals surface area contributed by atoms with Crippen LogP contribution in [0.3, 0.4) is 0 Å². The second-order valence-electron chi connectivity index (χ2n) is 14.2. The van der Waals surface area contributed by atoms with Crippen molar-refractivity contribution in [2.75, 3.05) is 0 Å². The first-order valence-corrected chi connectivity index (χ1v) is 17.8. The molecule has 3 heterocycles. The van der Waals surface area contributed by atoms with Gasteiger partial charge in [0.1, 0.15) is 16.9 Å². The third kappa shape index (κ3) is 7.04. The van der Waals surface area contributed by atoms with Crippen molar-refractivity contribution in [3.05, 3.63) is 89.6 Å². The van der Waals surface area contributed by atoms with Crippen LogP contribution in [0.2, 0.25) is 0 Å². The number of carbonyl (C=O) groups is 1. The predicted octanol–water partition coefficient (Wildman–Crippen LogP) is 12.8. The SMILES string of the molecule is CC(C)(C)c1cc(-c2nccc3oc4c5ccsc5ccc4c23)[c-]c2ccccc12.CCC(C)(CC)C(=O)/C=C(\O)C(C)(CC)CC.[Ir]. The summed E-state index contributed by atoms with van der Waals surface area (Å²) in [7, 11) is 0. The monoisotopic (exact) mass is 839 g/mol. The largest absolute Gasteiger partial charge is 0.512 e. The molecule has 0 aliphatic heterocycles. The van der Waals surface area contributed by atoms with Crippen LogP contribution >= 0.6 is 11.3 Å². The van der Waals surface area contributed by atoms with Crippen molar-refractivity contribution in [1.82, 2.24) is 4.98 Å². The first kappa shape index (κ1) is 37.5. The molecule has 0 amide bonds. The van der Waals surface area contributed by atoms with Crippen LogP contribution in [-0.2, 0) is 30.3 Å². The van der Waals surface area contributed by atoms with E-state index in [1.807, 2.05) is 53.8 Å². The number of furan rings is 1. The molecule has 6 aromatic rings. The predicted molar refractivity (Wildman–Crippen MR) is 200 cm³/mol. The fourth-order valence-electron chi connectivity index (χ4n) is 6.09. The van der Waals surface area contributed by atoms with Crippen LogP contribution in [0.4, 0.5) is 0 Å². The molecule has 6 rings (SSSR count). The number of hydrogen-bond donors (Lipinski definition) is 1. The van der Waals surface area contributed by atoms with Gasteiger partial charge in [0, 0.05) is 69.8 Å². The Hall–Kier alpha value is -3.31. The second kappa shape index (κ2) is 14.7. The molecule has 48 heavy (non-hydrogen) atoms. The first-order valence-electron chi connectivity index (χ1n) is 16.9. The van der Waals surface area contributed by atoms with E-state index in [0.29, 0.717) is 0 Å². The zero-order chi connectivity index (χ0) is 34.1. The van der Waals surface area contributed by atoms with Gasteiger partial charge >= 0.3 is 0 Å². The maximum atomic E-state index is 12.2. The number of thiophene rings is 1.